The van der Waals surface area contributed by atoms with Gasteiger partial charge in [0.05, 0.1) is 11.4 Å². The lowest BCUT2D eigenvalue weighted by atomic mass is 10.4. The van der Waals surface area contributed by atoms with Gasteiger partial charge in [0.15, 0.2) is 5.16 Å². The van der Waals surface area contributed by atoms with Crippen LogP contribution in [0.25, 0.3) is 0 Å². The Morgan fingerprint density at radius 3 is 2.63 bits per heavy atom. The molecule has 2 heterocycles. The maximum atomic E-state index is 5.20. The van der Waals surface area contributed by atoms with Crippen LogP contribution in [0.2, 0.25) is 0 Å². The smallest absolute Gasteiger partial charge is 0.227 e. The lowest BCUT2D eigenvalue weighted by Gasteiger charge is -2.17. The molecule has 2 aromatic heterocycles. The van der Waals surface area contributed by atoms with E-state index < -0.39 is 0 Å². The van der Waals surface area contributed by atoms with Crippen LogP contribution in [0.4, 0.5) is 5.95 Å². The summed E-state index contributed by atoms with van der Waals surface area (Å²) < 4.78 is 7.32. The summed E-state index contributed by atoms with van der Waals surface area (Å²) in [5.41, 5.74) is 0.898. The van der Waals surface area contributed by atoms with Crippen molar-refractivity contribution in [3.8, 4) is 0 Å². The molecule has 0 spiro atoms. The van der Waals surface area contributed by atoms with Gasteiger partial charge in [-0.15, -0.1) is 10.2 Å². The Hall–Kier alpha value is -1.50. The van der Waals surface area contributed by atoms with Crippen LogP contribution in [0.15, 0.2) is 15.7 Å². The van der Waals surface area contributed by atoms with Gasteiger partial charge in [-0.1, -0.05) is 16.9 Å². The van der Waals surface area contributed by atoms with Crippen LogP contribution >= 0.6 is 11.8 Å². The third kappa shape index (κ3) is 3.09. The molecule has 0 aliphatic carbocycles. The summed E-state index contributed by atoms with van der Waals surface area (Å²) in [4.78, 5) is 1.97. The zero-order chi connectivity index (χ0) is 14.0. The number of aryl methyl sites for hydroxylation is 1. The average Bonchev–Trinajstić information content (AvgIpc) is 2.92. The van der Waals surface area contributed by atoms with Crippen molar-refractivity contribution in [2.24, 2.45) is 0 Å². The first kappa shape index (κ1) is 13.9. The van der Waals surface area contributed by atoms with Crippen molar-refractivity contribution in [2.75, 3.05) is 19.0 Å². The number of hydrogen-bond donors (Lipinski definition) is 0. The zero-order valence-corrected chi connectivity index (χ0v) is 12.7. The molecule has 0 amide bonds. The topological polar surface area (TPSA) is 60.0 Å². The standard InChI is InChI=1S/C12H19N5OS/c1-8(2)17-11(16(4)5)13-14-12(17)19-7-10-6-9(3)15-18-10/h6,8H,7H2,1-5H3. The molecule has 0 saturated carbocycles. The van der Waals surface area contributed by atoms with Crippen LogP contribution in [0.3, 0.4) is 0 Å². The van der Waals surface area contributed by atoms with Crippen molar-refractivity contribution in [2.45, 2.75) is 37.7 Å². The molecule has 0 saturated heterocycles. The predicted molar refractivity (Wildman–Crippen MR) is 75.5 cm³/mol. The molecular formula is C12H19N5OS. The maximum Gasteiger partial charge on any atom is 0.227 e. The van der Waals surface area contributed by atoms with E-state index in [1.807, 2.05) is 32.0 Å². The summed E-state index contributed by atoms with van der Waals surface area (Å²) in [6, 6.07) is 2.25. The molecule has 19 heavy (non-hydrogen) atoms. The first-order valence-corrected chi connectivity index (χ1v) is 7.14. The van der Waals surface area contributed by atoms with Gasteiger partial charge in [0, 0.05) is 26.2 Å². The number of rotatable bonds is 5. The Bertz CT molecular complexity index is 546. The highest BCUT2D eigenvalue weighted by Crippen LogP contribution is 2.27. The van der Waals surface area contributed by atoms with Crippen LogP contribution in [0, 0.1) is 6.92 Å². The second-order valence-corrected chi connectivity index (χ2v) is 5.81. The van der Waals surface area contributed by atoms with E-state index in [9.17, 15) is 0 Å². The summed E-state index contributed by atoms with van der Waals surface area (Å²) in [6.07, 6.45) is 0. The fourth-order valence-electron chi connectivity index (χ4n) is 1.74. The monoisotopic (exact) mass is 281 g/mol. The fraction of sp³-hybridized carbons (Fsp3) is 0.583. The Morgan fingerprint density at radius 2 is 2.11 bits per heavy atom. The van der Waals surface area contributed by atoms with Crippen LogP contribution in [-0.2, 0) is 5.75 Å². The molecule has 6 nitrogen and oxygen atoms in total. The van der Waals surface area contributed by atoms with Crippen molar-refractivity contribution in [3.63, 3.8) is 0 Å². The Balaban J connectivity index is 2.16. The number of anilines is 1. The average molecular weight is 281 g/mol. The SMILES string of the molecule is Cc1cc(CSc2nnc(N(C)C)n2C(C)C)on1. The Kier molecular flexibility index (Phi) is 4.14. The van der Waals surface area contributed by atoms with Crippen LogP contribution in [0.1, 0.15) is 31.3 Å². The molecule has 7 heteroatoms. The molecule has 0 aromatic carbocycles. The molecule has 0 aliphatic rings. The molecular weight excluding hydrogens is 262 g/mol. The van der Waals surface area contributed by atoms with Gasteiger partial charge in [0.2, 0.25) is 5.95 Å². The first-order chi connectivity index (χ1) is 8.99. The van der Waals surface area contributed by atoms with Gasteiger partial charge in [-0.25, -0.2) is 0 Å². The predicted octanol–water partition coefficient (Wildman–Crippen LogP) is 2.51. The van der Waals surface area contributed by atoms with Gasteiger partial charge in [-0.2, -0.15) is 0 Å². The third-order valence-electron chi connectivity index (χ3n) is 2.58. The normalized spacial score (nSPS) is 11.3. The van der Waals surface area contributed by atoms with Crippen LogP contribution < -0.4 is 4.90 Å². The van der Waals surface area contributed by atoms with Gasteiger partial charge in [0.1, 0.15) is 5.76 Å². The second kappa shape index (κ2) is 5.64. The maximum absolute atomic E-state index is 5.20. The molecule has 0 unspecified atom stereocenters. The largest absolute Gasteiger partial charge is 0.360 e. The third-order valence-corrected chi connectivity index (χ3v) is 3.55. The van der Waals surface area contributed by atoms with E-state index in [0.717, 1.165) is 22.6 Å². The lowest BCUT2D eigenvalue weighted by molar-refractivity contribution is 0.390. The minimum Gasteiger partial charge on any atom is -0.360 e. The molecule has 2 aromatic rings. The number of aromatic nitrogens is 4. The highest BCUT2D eigenvalue weighted by atomic mass is 32.2. The number of nitrogens with zero attached hydrogens (tertiary/aromatic N) is 5. The van der Waals surface area contributed by atoms with Gasteiger partial charge in [0.25, 0.3) is 0 Å². The summed E-state index contributed by atoms with van der Waals surface area (Å²) >= 11 is 1.61. The highest BCUT2D eigenvalue weighted by molar-refractivity contribution is 7.98. The van der Waals surface area contributed by atoms with Gasteiger partial charge in [-0.05, 0) is 20.8 Å². The first-order valence-electron chi connectivity index (χ1n) is 6.16. The summed E-state index contributed by atoms with van der Waals surface area (Å²) in [5.74, 6) is 2.43. The number of thioether (sulfide) groups is 1. The van der Waals surface area contributed by atoms with E-state index in [1.54, 1.807) is 11.8 Å². The van der Waals surface area contributed by atoms with Crippen molar-refractivity contribution >= 4 is 17.7 Å². The van der Waals surface area contributed by atoms with Gasteiger partial charge < -0.3 is 9.42 Å². The van der Waals surface area contributed by atoms with Crippen molar-refractivity contribution < 1.29 is 4.52 Å². The van der Waals surface area contributed by atoms with E-state index in [4.69, 9.17) is 4.52 Å². The molecule has 0 fully saturated rings. The van der Waals surface area contributed by atoms with E-state index in [1.165, 1.54) is 0 Å². The van der Waals surface area contributed by atoms with E-state index in [0.29, 0.717) is 11.8 Å². The van der Waals surface area contributed by atoms with Crippen LogP contribution in [0.5, 0.6) is 0 Å². The fourth-order valence-corrected chi connectivity index (χ4v) is 2.68. The lowest BCUT2D eigenvalue weighted by Crippen LogP contribution is -2.17. The van der Waals surface area contributed by atoms with Crippen molar-refractivity contribution in [1.82, 2.24) is 19.9 Å². The highest BCUT2D eigenvalue weighted by Gasteiger charge is 2.17. The minimum absolute atomic E-state index is 0.311. The quantitative estimate of drug-likeness (QED) is 0.785. The van der Waals surface area contributed by atoms with E-state index in [-0.39, 0.29) is 0 Å². The van der Waals surface area contributed by atoms with Crippen molar-refractivity contribution in [3.05, 3.63) is 17.5 Å². The van der Waals surface area contributed by atoms with Gasteiger partial charge >= 0.3 is 0 Å². The van der Waals surface area contributed by atoms with E-state index >= 15 is 0 Å². The molecule has 0 aliphatic heterocycles. The van der Waals surface area contributed by atoms with Crippen molar-refractivity contribution in [1.29, 1.82) is 0 Å². The molecule has 0 atom stereocenters. The molecule has 2 rings (SSSR count). The second-order valence-electron chi connectivity index (χ2n) is 4.86. The Labute approximate surface area is 117 Å². The van der Waals surface area contributed by atoms with Crippen LogP contribution in [-0.4, -0.2) is 34.0 Å². The molecule has 0 bridgehead atoms. The molecule has 104 valence electrons. The van der Waals surface area contributed by atoms with Gasteiger partial charge in [-0.3, -0.25) is 4.57 Å². The van der Waals surface area contributed by atoms with E-state index in [2.05, 4.69) is 33.8 Å². The summed E-state index contributed by atoms with van der Waals surface area (Å²) in [7, 11) is 3.94. The Morgan fingerprint density at radius 1 is 1.37 bits per heavy atom. The summed E-state index contributed by atoms with van der Waals surface area (Å²) in [6.45, 7) is 6.16. The minimum atomic E-state index is 0.311. The molecule has 0 N–H and O–H groups in total. The molecule has 0 radical (unpaired) electrons. The summed E-state index contributed by atoms with van der Waals surface area (Å²) in [5, 5.41) is 13.3. The zero-order valence-electron chi connectivity index (χ0n) is 11.9. The number of hydrogen-bond acceptors (Lipinski definition) is 6.